The molecule has 0 spiro atoms. The van der Waals surface area contributed by atoms with Gasteiger partial charge in [-0.15, -0.1) is 0 Å². The molecule has 0 saturated heterocycles. The topological polar surface area (TPSA) is 35.5 Å². The van der Waals surface area contributed by atoms with E-state index in [0.717, 1.165) is 21.3 Å². The van der Waals surface area contributed by atoms with Crippen LogP contribution in [0.3, 0.4) is 0 Å². The molecule has 1 aromatic rings. The minimum Gasteiger partial charge on any atom is -0.496 e. The van der Waals surface area contributed by atoms with E-state index in [4.69, 9.17) is 4.74 Å². The minimum atomic E-state index is -0.269. The number of esters is 1. The number of hydrogen-bond donors (Lipinski definition) is 0. The fourth-order valence-corrected chi connectivity index (χ4v) is 2.26. The molecule has 5 heteroatoms. The lowest BCUT2D eigenvalue weighted by atomic mass is 10.1. The monoisotopic (exact) mass is 350 g/mol. The average Bonchev–Trinajstić information content (AvgIpc) is 2.30. The van der Waals surface area contributed by atoms with Gasteiger partial charge in [-0.3, -0.25) is 4.79 Å². The molecule has 1 rings (SSSR count). The van der Waals surface area contributed by atoms with E-state index in [9.17, 15) is 4.79 Å². The zero-order valence-corrected chi connectivity index (χ0v) is 12.2. The van der Waals surface area contributed by atoms with Gasteiger partial charge in [-0.25, -0.2) is 0 Å². The Hall–Kier alpha value is -0.550. The normalized spacial score (nSPS) is 10.0. The predicted molar refractivity (Wildman–Crippen MR) is 69.0 cm³/mol. The fourth-order valence-electron chi connectivity index (χ4n) is 1.29. The summed E-state index contributed by atoms with van der Waals surface area (Å²) in [4.78, 5) is 11.2. The van der Waals surface area contributed by atoms with Crippen LogP contribution in [-0.2, 0) is 21.3 Å². The van der Waals surface area contributed by atoms with E-state index in [1.165, 1.54) is 7.11 Å². The van der Waals surface area contributed by atoms with Crippen LogP contribution < -0.4 is 4.74 Å². The summed E-state index contributed by atoms with van der Waals surface area (Å²) in [7, 11) is 2.98. The highest BCUT2D eigenvalue weighted by molar-refractivity contribution is 9.10. The van der Waals surface area contributed by atoms with Crippen molar-refractivity contribution in [3.8, 4) is 5.75 Å². The van der Waals surface area contributed by atoms with Crippen LogP contribution in [-0.4, -0.2) is 20.2 Å². The van der Waals surface area contributed by atoms with Crippen molar-refractivity contribution in [2.24, 2.45) is 0 Å². The Balaban J connectivity index is 3.06. The van der Waals surface area contributed by atoms with Crippen molar-refractivity contribution in [2.45, 2.75) is 11.8 Å². The van der Waals surface area contributed by atoms with Crippen LogP contribution in [0.5, 0.6) is 5.75 Å². The smallest absolute Gasteiger partial charge is 0.310 e. The second-order valence-corrected chi connectivity index (χ2v) is 4.56. The number of halogens is 2. The van der Waals surface area contributed by atoms with Gasteiger partial charge in [-0.05, 0) is 17.7 Å². The Labute approximate surface area is 111 Å². The first-order valence-electron chi connectivity index (χ1n) is 4.60. The molecule has 0 aliphatic carbocycles. The van der Waals surface area contributed by atoms with Crippen molar-refractivity contribution in [3.63, 3.8) is 0 Å². The second kappa shape index (κ2) is 6.25. The zero-order valence-electron chi connectivity index (χ0n) is 9.05. The van der Waals surface area contributed by atoms with E-state index < -0.39 is 0 Å². The first-order valence-corrected chi connectivity index (χ1v) is 6.51. The highest BCUT2D eigenvalue weighted by Gasteiger charge is 2.11. The number of ether oxygens (including phenoxy) is 2. The molecule has 0 heterocycles. The molecule has 3 nitrogen and oxygen atoms in total. The van der Waals surface area contributed by atoms with Gasteiger partial charge in [0, 0.05) is 15.4 Å². The largest absolute Gasteiger partial charge is 0.496 e. The summed E-state index contributed by atoms with van der Waals surface area (Å²) in [6.45, 7) is 0. The van der Waals surface area contributed by atoms with Crippen LogP contribution in [0.15, 0.2) is 16.6 Å². The Morgan fingerprint density at radius 3 is 2.50 bits per heavy atom. The van der Waals surface area contributed by atoms with E-state index in [1.54, 1.807) is 7.11 Å². The van der Waals surface area contributed by atoms with Crippen molar-refractivity contribution in [2.75, 3.05) is 14.2 Å². The van der Waals surface area contributed by atoms with Crippen LogP contribution >= 0.6 is 31.9 Å². The number of rotatable bonds is 4. The van der Waals surface area contributed by atoms with Crippen molar-refractivity contribution in [1.82, 2.24) is 0 Å². The summed E-state index contributed by atoms with van der Waals surface area (Å²) < 4.78 is 10.8. The molecule has 88 valence electrons. The van der Waals surface area contributed by atoms with Crippen molar-refractivity contribution >= 4 is 37.8 Å². The summed E-state index contributed by atoms with van der Waals surface area (Å²) in [5, 5.41) is 0.702. The molecule has 0 atom stereocenters. The molecule has 0 N–H and O–H groups in total. The van der Waals surface area contributed by atoms with Gasteiger partial charge in [0.15, 0.2) is 0 Å². The number of benzene rings is 1. The van der Waals surface area contributed by atoms with Gasteiger partial charge in [0.1, 0.15) is 5.75 Å². The number of carbonyl (C=O) groups excluding carboxylic acids is 1. The summed E-state index contributed by atoms with van der Waals surface area (Å²) in [5.41, 5.74) is 1.89. The van der Waals surface area contributed by atoms with Gasteiger partial charge < -0.3 is 9.47 Å². The summed E-state index contributed by atoms with van der Waals surface area (Å²) >= 11 is 6.80. The first kappa shape index (κ1) is 13.5. The minimum absolute atomic E-state index is 0.232. The summed E-state index contributed by atoms with van der Waals surface area (Å²) in [5.74, 6) is 0.494. The lowest BCUT2D eigenvalue weighted by Crippen LogP contribution is -2.05. The van der Waals surface area contributed by atoms with Crippen LogP contribution in [0.1, 0.15) is 11.1 Å². The summed E-state index contributed by atoms with van der Waals surface area (Å²) in [6, 6.07) is 3.78. The Morgan fingerprint density at radius 2 is 2.00 bits per heavy atom. The number of hydrogen-bond acceptors (Lipinski definition) is 3. The quantitative estimate of drug-likeness (QED) is 0.617. The molecule has 0 radical (unpaired) electrons. The molecular weight excluding hydrogens is 340 g/mol. The van der Waals surface area contributed by atoms with Gasteiger partial charge in [0.05, 0.1) is 20.6 Å². The third-order valence-corrected chi connectivity index (χ3v) is 3.50. The summed E-state index contributed by atoms with van der Waals surface area (Å²) in [6.07, 6.45) is 0.232. The molecule has 0 unspecified atom stereocenters. The van der Waals surface area contributed by atoms with Crippen LogP contribution in [0.4, 0.5) is 0 Å². The van der Waals surface area contributed by atoms with E-state index in [1.807, 2.05) is 12.1 Å². The Bertz CT molecular complexity index is 391. The number of methoxy groups -OCH3 is 2. The SMILES string of the molecule is COC(=O)Cc1cc(OC)c(CBr)cc1Br. The third kappa shape index (κ3) is 3.22. The predicted octanol–water partition coefficient (Wildman–Crippen LogP) is 3.07. The van der Waals surface area contributed by atoms with Gasteiger partial charge in [0.2, 0.25) is 0 Å². The molecule has 0 aromatic heterocycles. The average molecular weight is 352 g/mol. The van der Waals surface area contributed by atoms with Gasteiger partial charge in [-0.1, -0.05) is 31.9 Å². The fraction of sp³-hybridized carbons (Fsp3) is 0.364. The number of carbonyl (C=O) groups is 1. The highest BCUT2D eigenvalue weighted by Crippen LogP contribution is 2.29. The molecular formula is C11H12Br2O3. The number of alkyl halides is 1. The molecule has 16 heavy (non-hydrogen) atoms. The highest BCUT2D eigenvalue weighted by atomic mass is 79.9. The molecule has 0 aliphatic rings. The van der Waals surface area contributed by atoms with Crippen molar-refractivity contribution in [1.29, 1.82) is 0 Å². The molecule has 1 aromatic carbocycles. The van der Waals surface area contributed by atoms with Gasteiger partial charge >= 0.3 is 5.97 Å². The van der Waals surface area contributed by atoms with E-state index in [2.05, 4.69) is 36.6 Å². The maximum Gasteiger partial charge on any atom is 0.310 e. The molecule has 0 bridgehead atoms. The van der Waals surface area contributed by atoms with Gasteiger partial charge in [-0.2, -0.15) is 0 Å². The molecule has 0 fully saturated rings. The van der Waals surface area contributed by atoms with E-state index >= 15 is 0 Å². The maximum absolute atomic E-state index is 11.2. The molecule has 0 amide bonds. The molecule has 0 aliphatic heterocycles. The van der Waals surface area contributed by atoms with Crippen LogP contribution in [0.25, 0.3) is 0 Å². The van der Waals surface area contributed by atoms with Crippen LogP contribution in [0, 0.1) is 0 Å². The van der Waals surface area contributed by atoms with Crippen molar-refractivity contribution in [3.05, 3.63) is 27.7 Å². The lowest BCUT2D eigenvalue weighted by molar-refractivity contribution is -0.139. The second-order valence-electron chi connectivity index (χ2n) is 3.14. The standard InChI is InChI=1S/C11H12Br2O3/c1-15-10-4-7(5-11(14)16-2)9(13)3-8(10)6-12/h3-4H,5-6H2,1-2H3. The maximum atomic E-state index is 11.2. The van der Waals surface area contributed by atoms with Crippen molar-refractivity contribution < 1.29 is 14.3 Å². The third-order valence-electron chi connectivity index (χ3n) is 2.16. The molecule has 0 saturated carbocycles. The van der Waals surface area contributed by atoms with E-state index in [-0.39, 0.29) is 12.4 Å². The zero-order chi connectivity index (χ0) is 12.1. The lowest BCUT2D eigenvalue weighted by Gasteiger charge is -2.10. The van der Waals surface area contributed by atoms with Crippen LogP contribution in [0.2, 0.25) is 0 Å². The Kier molecular flexibility index (Phi) is 5.28. The Morgan fingerprint density at radius 1 is 1.31 bits per heavy atom. The first-order chi connectivity index (χ1) is 7.62. The van der Waals surface area contributed by atoms with Gasteiger partial charge in [0.25, 0.3) is 0 Å². The van der Waals surface area contributed by atoms with E-state index in [0.29, 0.717) is 5.33 Å².